The Balaban J connectivity index is 2.17. The summed E-state index contributed by atoms with van der Waals surface area (Å²) in [5.41, 5.74) is 1.81. The average molecular weight is 368 g/mol. The zero-order valence-electron chi connectivity index (χ0n) is 14.9. The van der Waals surface area contributed by atoms with Crippen LogP contribution >= 0.6 is 11.6 Å². The van der Waals surface area contributed by atoms with Crippen LogP contribution in [0.5, 0.6) is 5.75 Å². The van der Waals surface area contributed by atoms with Gasteiger partial charge < -0.3 is 13.9 Å². The maximum atomic E-state index is 6.27. The molecule has 1 aliphatic heterocycles. The lowest BCUT2D eigenvalue weighted by molar-refractivity contribution is 0.0255. The first-order valence-electron chi connectivity index (χ1n) is 8.21. The fraction of sp³-hybridized carbons (Fsp3) is 0.500. The SMILES string of the molecule is C=C(N=Cc1cc(Cl)c(C)cc1OC1CCOCC1)O[Si](C)(C)C. The monoisotopic (exact) mass is 367 g/mol. The number of aliphatic imine (C=N–C) groups is 1. The van der Waals surface area contributed by atoms with E-state index in [9.17, 15) is 0 Å². The van der Waals surface area contributed by atoms with Crippen LogP contribution in [-0.2, 0) is 9.16 Å². The van der Waals surface area contributed by atoms with E-state index in [0.717, 1.165) is 42.9 Å². The van der Waals surface area contributed by atoms with Crippen molar-refractivity contribution in [3.63, 3.8) is 0 Å². The molecule has 1 aromatic carbocycles. The molecule has 0 spiro atoms. The van der Waals surface area contributed by atoms with E-state index in [1.807, 2.05) is 19.1 Å². The molecule has 4 nitrogen and oxygen atoms in total. The molecule has 1 fully saturated rings. The number of hydrogen-bond donors (Lipinski definition) is 0. The van der Waals surface area contributed by atoms with Crippen LogP contribution in [0.3, 0.4) is 0 Å². The summed E-state index contributed by atoms with van der Waals surface area (Å²) in [5, 5.41) is 0.688. The van der Waals surface area contributed by atoms with Gasteiger partial charge in [0.1, 0.15) is 11.9 Å². The average Bonchev–Trinajstić information content (AvgIpc) is 2.48. The second kappa shape index (κ2) is 8.19. The Morgan fingerprint density at radius 2 is 2.00 bits per heavy atom. The topological polar surface area (TPSA) is 40.0 Å². The standard InChI is InChI=1S/C18H26ClNO3Si/c1-13-10-18(22-16-6-8-21-9-7-16)15(11-17(13)19)12-20-14(2)23-24(3,4)5/h10-12,16H,2,6-9H2,1,3-5H3. The summed E-state index contributed by atoms with van der Waals surface area (Å²) < 4.78 is 17.3. The van der Waals surface area contributed by atoms with Gasteiger partial charge in [0, 0.05) is 29.6 Å². The molecular weight excluding hydrogens is 342 g/mol. The summed E-state index contributed by atoms with van der Waals surface area (Å²) in [4.78, 5) is 4.33. The molecule has 2 rings (SSSR count). The Morgan fingerprint density at radius 3 is 2.62 bits per heavy atom. The number of benzene rings is 1. The quantitative estimate of drug-likeness (QED) is 0.406. The second-order valence-corrected chi connectivity index (χ2v) is 11.8. The minimum atomic E-state index is -1.71. The van der Waals surface area contributed by atoms with Crippen LogP contribution in [0, 0.1) is 6.92 Å². The second-order valence-electron chi connectivity index (χ2n) is 6.94. The fourth-order valence-electron chi connectivity index (χ4n) is 2.37. The molecule has 0 radical (unpaired) electrons. The van der Waals surface area contributed by atoms with Gasteiger partial charge >= 0.3 is 0 Å². The highest BCUT2D eigenvalue weighted by Gasteiger charge is 2.18. The predicted molar refractivity (Wildman–Crippen MR) is 102 cm³/mol. The molecule has 1 saturated heterocycles. The van der Waals surface area contributed by atoms with Crippen molar-refractivity contribution < 1.29 is 13.9 Å². The van der Waals surface area contributed by atoms with Gasteiger partial charge in [-0.05, 0) is 50.8 Å². The number of aryl methyl sites for hydroxylation is 1. The van der Waals surface area contributed by atoms with E-state index in [1.165, 1.54) is 0 Å². The highest BCUT2D eigenvalue weighted by atomic mass is 35.5. The first-order valence-corrected chi connectivity index (χ1v) is 12.0. The van der Waals surface area contributed by atoms with Crippen molar-refractivity contribution in [2.45, 2.75) is 45.5 Å². The van der Waals surface area contributed by atoms with Gasteiger partial charge in [-0.3, -0.25) is 0 Å². The van der Waals surface area contributed by atoms with Crippen LogP contribution in [0.15, 0.2) is 29.6 Å². The third-order valence-electron chi connectivity index (χ3n) is 3.52. The maximum absolute atomic E-state index is 6.27. The van der Waals surface area contributed by atoms with Crippen molar-refractivity contribution in [3.8, 4) is 5.75 Å². The van der Waals surface area contributed by atoms with Crippen molar-refractivity contribution in [1.29, 1.82) is 0 Å². The number of nitrogens with zero attached hydrogens (tertiary/aromatic N) is 1. The lowest BCUT2D eigenvalue weighted by Crippen LogP contribution is -2.26. The Kier molecular flexibility index (Phi) is 6.49. The first-order chi connectivity index (χ1) is 11.2. The zero-order valence-corrected chi connectivity index (χ0v) is 16.7. The van der Waals surface area contributed by atoms with Gasteiger partial charge in [-0.1, -0.05) is 11.6 Å². The largest absolute Gasteiger partial charge is 0.532 e. The van der Waals surface area contributed by atoms with E-state index in [0.29, 0.717) is 10.9 Å². The lowest BCUT2D eigenvalue weighted by Gasteiger charge is -2.24. The molecular formula is C18H26ClNO3Si. The first kappa shape index (κ1) is 19.0. The third kappa shape index (κ3) is 5.96. The Bertz CT molecular complexity index is 619. The van der Waals surface area contributed by atoms with Gasteiger partial charge in [0.25, 0.3) is 0 Å². The number of rotatable bonds is 6. The Hall–Kier alpha value is -1.30. The van der Waals surface area contributed by atoms with E-state index in [1.54, 1.807) is 6.21 Å². The van der Waals surface area contributed by atoms with Crippen LogP contribution in [0.1, 0.15) is 24.0 Å². The van der Waals surface area contributed by atoms with Crippen molar-refractivity contribution in [3.05, 3.63) is 40.7 Å². The third-order valence-corrected chi connectivity index (χ3v) is 4.78. The van der Waals surface area contributed by atoms with Crippen molar-refractivity contribution >= 4 is 26.1 Å². The normalized spacial score (nSPS) is 16.4. The number of ether oxygens (including phenoxy) is 2. The molecule has 6 heteroatoms. The van der Waals surface area contributed by atoms with Gasteiger partial charge in [-0.25, -0.2) is 4.99 Å². The van der Waals surface area contributed by atoms with Crippen LogP contribution in [0.2, 0.25) is 24.7 Å². The summed E-state index contributed by atoms with van der Waals surface area (Å²) >= 11 is 6.27. The molecule has 0 amide bonds. The molecule has 1 aliphatic rings. The minimum Gasteiger partial charge on any atom is -0.532 e. The predicted octanol–water partition coefficient (Wildman–Crippen LogP) is 4.95. The summed E-state index contributed by atoms with van der Waals surface area (Å²) in [6.07, 6.45) is 3.66. The molecule has 0 saturated carbocycles. The summed E-state index contributed by atoms with van der Waals surface area (Å²) in [6.45, 7) is 13.6. The summed E-state index contributed by atoms with van der Waals surface area (Å²) in [7, 11) is -1.71. The van der Waals surface area contributed by atoms with Crippen LogP contribution in [0.4, 0.5) is 0 Å². The Labute approximate surface area is 150 Å². The molecule has 1 aromatic rings. The van der Waals surface area contributed by atoms with Crippen LogP contribution in [0.25, 0.3) is 0 Å². The molecule has 1 heterocycles. The number of hydrogen-bond acceptors (Lipinski definition) is 4. The van der Waals surface area contributed by atoms with E-state index in [4.69, 9.17) is 25.5 Å². The number of halogens is 1. The highest BCUT2D eigenvalue weighted by Crippen LogP contribution is 2.28. The highest BCUT2D eigenvalue weighted by molar-refractivity contribution is 6.70. The van der Waals surface area contributed by atoms with Gasteiger partial charge in [0.15, 0.2) is 5.88 Å². The van der Waals surface area contributed by atoms with E-state index in [-0.39, 0.29) is 6.10 Å². The molecule has 24 heavy (non-hydrogen) atoms. The van der Waals surface area contributed by atoms with Gasteiger partial charge in [0.05, 0.1) is 13.2 Å². The minimum absolute atomic E-state index is 0.160. The van der Waals surface area contributed by atoms with Gasteiger partial charge in [0.2, 0.25) is 8.32 Å². The Morgan fingerprint density at radius 1 is 1.33 bits per heavy atom. The molecule has 0 aromatic heterocycles. The molecule has 0 N–H and O–H groups in total. The van der Waals surface area contributed by atoms with E-state index >= 15 is 0 Å². The lowest BCUT2D eigenvalue weighted by atomic mass is 10.1. The van der Waals surface area contributed by atoms with Crippen molar-refractivity contribution in [2.75, 3.05) is 13.2 Å². The van der Waals surface area contributed by atoms with Crippen molar-refractivity contribution in [2.24, 2.45) is 4.99 Å². The molecule has 0 bridgehead atoms. The van der Waals surface area contributed by atoms with E-state index < -0.39 is 8.32 Å². The van der Waals surface area contributed by atoms with Crippen LogP contribution in [-0.4, -0.2) is 33.8 Å². The smallest absolute Gasteiger partial charge is 0.244 e. The fourth-order valence-corrected chi connectivity index (χ4v) is 3.30. The summed E-state index contributed by atoms with van der Waals surface area (Å²) in [5.74, 6) is 1.20. The van der Waals surface area contributed by atoms with Crippen molar-refractivity contribution in [1.82, 2.24) is 0 Å². The molecule has 0 unspecified atom stereocenters. The van der Waals surface area contributed by atoms with Gasteiger partial charge in [-0.2, -0.15) is 0 Å². The zero-order chi connectivity index (χ0) is 17.7. The molecule has 132 valence electrons. The van der Waals surface area contributed by atoms with E-state index in [2.05, 4.69) is 31.2 Å². The molecule has 0 aliphatic carbocycles. The van der Waals surface area contributed by atoms with Crippen LogP contribution < -0.4 is 4.74 Å². The van der Waals surface area contributed by atoms with Gasteiger partial charge in [-0.15, -0.1) is 0 Å². The molecule has 0 atom stereocenters. The summed E-state index contributed by atoms with van der Waals surface area (Å²) in [6, 6.07) is 3.83. The maximum Gasteiger partial charge on any atom is 0.244 e.